The summed E-state index contributed by atoms with van der Waals surface area (Å²) >= 11 is 6.18. The van der Waals surface area contributed by atoms with Gasteiger partial charge in [0.1, 0.15) is 6.04 Å². The highest BCUT2D eigenvalue weighted by Gasteiger charge is 2.51. The van der Waals surface area contributed by atoms with Crippen molar-refractivity contribution in [2.75, 3.05) is 0 Å². The predicted molar refractivity (Wildman–Crippen MR) is 89.7 cm³/mol. The van der Waals surface area contributed by atoms with Crippen molar-refractivity contribution in [1.29, 1.82) is 0 Å². The van der Waals surface area contributed by atoms with Gasteiger partial charge in [0.15, 0.2) is 0 Å². The fraction of sp³-hybridized carbons (Fsp3) is 0.562. The summed E-state index contributed by atoms with van der Waals surface area (Å²) in [4.78, 5) is 11.1. The molecule has 1 aromatic carbocycles. The SMILES string of the molecule is CC(=O)NC(c1ccc(B2OC(C)(C)C(C)(C)O2)cc1Cl)C(F)F. The molecule has 1 aliphatic heterocycles. The molecular weight excluding hydrogens is 338 g/mol. The van der Waals surface area contributed by atoms with Gasteiger partial charge in [-0.05, 0) is 44.8 Å². The average Bonchev–Trinajstić information content (AvgIpc) is 2.64. The number of alkyl halides is 2. The van der Waals surface area contributed by atoms with Crippen molar-refractivity contribution >= 4 is 30.1 Å². The van der Waals surface area contributed by atoms with Crippen molar-refractivity contribution in [3.8, 4) is 0 Å². The molecule has 1 N–H and O–H groups in total. The van der Waals surface area contributed by atoms with Gasteiger partial charge in [0, 0.05) is 11.9 Å². The summed E-state index contributed by atoms with van der Waals surface area (Å²) in [6, 6.07) is 3.18. The van der Waals surface area contributed by atoms with Gasteiger partial charge in [0.25, 0.3) is 6.43 Å². The summed E-state index contributed by atoms with van der Waals surface area (Å²) in [6.07, 6.45) is -2.77. The third kappa shape index (κ3) is 3.73. The van der Waals surface area contributed by atoms with Crippen molar-refractivity contribution in [2.24, 2.45) is 0 Å². The monoisotopic (exact) mass is 359 g/mol. The molecule has 0 spiro atoms. The molecule has 4 nitrogen and oxygen atoms in total. The van der Waals surface area contributed by atoms with Crippen LogP contribution in [-0.2, 0) is 14.1 Å². The summed E-state index contributed by atoms with van der Waals surface area (Å²) in [5, 5.41) is 2.34. The molecule has 1 aromatic rings. The zero-order valence-corrected chi connectivity index (χ0v) is 15.1. The Kier molecular flexibility index (Phi) is 5.28. The minimum Gasteiger partial charge on any atom is -0.399 e. The maximum absolute atomic E-state index is 13.2. The zero-order valence-electron chi connectivity index (χ0n) is 14.3. The van der Waals surface area contributed by atoms with Crippen LogP contribution >= 0.6 is 11.6 Å². The fourth-order valence-corrected chi connectivity index (χ4v) is 2.72. The number of halogens is 3. The molecular formula is C16H21BClF2NO3. The molecule has 24 heavy (non-hydrogen) atoms. The number of amides is 1. The summed E-state index contributed by atoms with van der Waals surface area (Å²) in [5.41, 5.74) is -0.227. The van der Waals surface area contributed by atoms with E-state index >= 15 is 0 Å². The first kappa shape index (κ1) is 19.2. The Hall–Kier alpha value is -1.18. The number of carbonyl (C=O) groups is 1. The molecule has 0 radical (unpaired) electrons. The van der Waals surface area contributed by atoms with Gasteiger partial charge in [0.2, 0.25) is 5.91 Å². The van der Waals surface area contributed by atoms with Crippen molar-refractivity contribution in [3.05, 3.63) is 28.8 Å². The van der Waals surface area contributed by atoms with Gasteiger partial charge in [-0.15, -0.1) is 0 Å². The maximum Gasteiger partial charge on any atom is 0.494 e. The van der Waals surface area contributed by atoms with E-state index in [9.17, 15) is 13.6 Å². The first-order chi connectivity index (χ1) is 10.9. The predicted octanol–water partition coefficient (Wildman–Crippen LogP) is 3.08. The van der Waals surface area contributed by atoms with Gasteiger partial charge >= 0.3 is 7.12 Å². The van der Waals surface area contributed by atoms with E-state index in [1.165, 1.54) is 19.1 Å². The lowest BCUT2D eigenvalue weighted by molar-refractivity contribution is -0.120. The lowest BCUT2D eigenvalue weighted by Gasteiger charge is -2.32. The van der Waals surface area contributed by atoms with Gasteiger partial charge in [-0.2, -0.15) is 0 Å². The van der Waals surface area contributed by atoms with E-state index < -0.39 is 36.7 Å². The average molecular weight is 360 g/mol. The van der Waals surface area contributed by atoms with Crippen molar-refractivity contribution < 1.29 is 22.9 Å². The molecule has 1 amide bonds. The van der Waals surface area contributed by atoms with E-state index in [4.69, 9.17) is 20.9 Å². The first-order valence-corrected chi connectivity index (χ1v) is 8.02. The summed E-state index contributed by atoms with van der Waals surface area (Å²) in [5.74, 6) is -0.550. The van der Waals surface area contributed by atoms with Crippen LogP contribution in [0.4, 0.5) is 8.78 Å². The van der Waals surface area contributed by atoms with Crippen molar-refractivity contribution in [3.63, 3.8) is 0 Å². The number of nitrogens with one attached hydrogen (secondary N) is 1. The van der Waals surface area contributed by atoms with Gasteiger partial charge < -0.3 is 14.6 Å². The second-order valence-corrected chi connectivity index (χ2v) is 7.29. The number of hydrogen-bond donors (Lipinski definition) is 1. The summed E-state index contributed by atoms with van der Waals surface area (Å²) < 4.78 is 38.3. The number of rotatable bonds is 4. The molecule has 1 fully saturated rings. The highest BCUT2D eigenvalue weighted by atomic mass is 35.5. The fourth-order valence-electron chi connectivity index (χ4n) is 2.42. The molecule has 0 bridgehead atoms. The highest BCUT2D eigenvalue weighted by Crippen LogP contribution is 2.37. The Morgan fingerprint density at radius 1 is 1.21 bits per heavy atom. The van der Waals surface area contributed by atoms with Gasteiger partial charge in [0.05, 0.1) is 11.2 Å². The van der Waals surface area contributed by atoms with Crippen molar-refractivity contribution in [1.82, 2.24) is 5.32 Å². The normalized spacial score (nSPS) is 20.3. The Morgan fingerprint density at radius 3 is 2.17 bits per heavy atom. The molecule has 0 aromatic heterocycles. The van der Waals surface area contributed by atoms with Crippen LogP contribution in [0.3, 0.4) is 0 Å². The van der Waals surface area contributed by atoms with E-state index in [1.54, 1.807) is 6.07 Å². The molecule has 1 unspecified atom stereocenters. The second kappa shape index (κ2) is 6.62. The number of hydrogen-bond acceptors (Lipinski definition) is 3. The van der Waals surface area contributed by atoms with E-state index in [2.05, 4.69) is 5.32 Å². The third-order valence-corrected chi connectivity index (χ3v) is 4.82. The smallest absolute Gasteiger partial charge is 0.399 e. The first-order valence-electron chi connectivity index (χ1n) is 7.65. The molecule has 0 aliphatic carbocycles. The minimum atomic E-state index is -2.77. The van der Waals surface area contributed by atoms with Crippen LogP contribution in [0.15, 0.2) is 18.2 Å². The van der Waals surface area contributed by atoms with Crippen LogP contribution in [-0.4, -0.2) is 30.7 Å². The lowest BCUT2D eigenvalue weighted by atomic mass is 9.78. The van der Waals surface area contributed by atoms with E-state index in [0.29, 0.717) is 5.46 Å². The topological polar surface area (TPSA) is 47.6 Å². The Balaban J connectivity index is 2.29. The molecule has 8 heteroatoms. The van der Waals surface area contributed by atoms with Gasteiger partial charge in [-0.25, -0.2) is 8.78 Å². The maximum atomic E-state index is 13.2. The van der Waals surface area contributed by atoms with E-state index in [-0.39, 0.29) is 10.6 Å². The van der Waals surface area contributed by atoms with Crippen LogP contribution < -0.4 is 10.8 Å². The molecule has 0 saturated carbocycles. The van der Waals surface area contributed by atoms with Crippen LogP contribution in [0.25, 0.3) is 0 Å². The zero-order chi connectivity index (χ0) is 18.3. The van der Waals surface area contributed by atoms with Gasteiger partial charge in [-0.1, -0.05) is 23.7 Å². The highest BCUT2D eigenvalue weighted by molar-refractivity contribution is 6.62. The largest absolute Gasteiger partial charge is 0.494 e. The second-order valence-electron chi connectivity index (χ2n) is 6.88. The van der Waals surface area contributed by atoms with Crippen LogP contribution in [0.1, 0.15) is 46.2 Å². The summed E-state index contributed by atoms with van der Waals surface area (Å²) in [6.45, 7) is 8.88. The van der Waals surface area contributed by atoms with Crippen molar-refractivity contribution in [2.45, 2.75) is 58.3 Å². The molecule has 132 valence electrons. The van der Waals surface area contributed by atoms with Crippen LogP contribution in [0.5, 0.6) is 0 Å². The lowest BCUT2D eigenvalue weighted by Crippen LogP contribution is -2.41. The number of carbonyl (C=O) groups excluding carboxylic acids is 1. The summed E-state index contributed by atoms with van der Waals surface area (Å²) in [7, 11) is -0.632. The van der Waals surface area contributed by atoms with E-state index in [0.717, 1.165) is 0 Å². The standard InChI is InChI=1S/C16H21BClF2NO3/c1-9(22)21-13(14(19)20)11-7-6-10(8-12(11)18)17-23-15(2,3)16(4,5)24-17/h6-8,13-14H,1-5H3,(H,21,22). The quantitative estimate of drug-likeness (QED) is 0.841. The third-order valence-electron chi connectivity index (χ3n) is 4.50. The Morgan fingerprint density at radius 2 is 1.75 bits per heavy atom. The van der Waals surface area contributed by atoms with E-state index in [1.807, 2.05) is 27.7 Å². The molecule has 1 aliphatic rings. The molecule has 1 atom stereocenters. The van der Waals surface area contributed by atoms with Crippen LogP contribution in [0.2, 0.25) is 5.02 Å². The molecule has 2 rings (SSSR count). The molecule has 1 heterocycles. The van der Waals surface area contributed by atoms with Gasteiger partial charge in [-0.3, -0.25) is 4.79 Å². The molecule has 1 saturated heterocycles. The Labute approximate surface area is 146 Å². The number of benzene rings is 1. The Bertz CT molecular complexity index is 624. The van der Waals surface area contributed by atoms with Crippen LogP contribution in [0, 0.1) is 0 Å². The minimum absolute atomic E-state index is 0.126.